The molecular formula is C22H21NO5S. The zero-order valence-corrected chi connectivity index (χ0v) is 17.0. The lowest BCUT2D eigenvalue weighted by Gasteiger charge is -2.25. The monoisotopic (exact) mass is 411 g/mol. The van der Waals surface area contributed by atoms with Gasteiger partial charge in [-0.25, -0.2) is 8.42 Å². The number of methoxy groups -OCH3 is 1. The first-order valence-corrected chi connectivity index (χ1v) is 10.5. The molecule has 0 spiro atoms. The van der Waals surface area contributed by atoms with Crippen LogP contribution in [0.1, 0.15) is 11.1 Å². The van der Waals surface area contributed by atoms with Gasteiger partial charge in [-0.2, -0.15) is 0 Å². The highest BCUT2D eigenvalue weighted by molar-refractivity contribution is 7.92. The standard InChI is InChI=1S/C22H21NO5S/c1-16-6-9-20(10-7-16)29(24,25)23(14-17-4-3-5-19(12-17)26-2)18-8-11-21-22(13-18)28-15-27-21/h3-13H,14-15H2,1-2H3. The molecule has 6 nitrogen and oxygen atoms in total. The third-order valence-electron chi connectivity index (χ3n) is 4.71. The van der Waals surface area contributed by atoms with E-state index >= 15 is 0 Å². The SMILES string of the molecule is COc1cccc(CN(c2ccc3c(c2)OCO3)S(=O)(=O)c2ccc(C)cc2)c1. The van der Waals surface area contributed by atoms with Gasteiger partial charge in [0.2, 0.25) is 6.79 Å². The highest BCUT2D eigenvalue weighted by Gasteiger charge is 2.27. The van der Waals surface area contributed by atoms with Crippen LogP contribution in [0.3, 0.4) is 0 Å². The number of fused-ring (bicyclic) bond motifs is 1. The molecule has 3 aromatic carbocycles. The highest BCUT2D eigenvalue weighted by atomic mass is 32.2. The summed E-state index contributed by atoms with van der Waals surface area (Å²) in [4.78, 5) is 0.226. The van der Waals surface area contributed by atoms with Crippen molar-refractivity contribution in [1.29, 1.82) is 0 Å². The van der Waals surface area contributed by atoms with Gasteiger partial charge in [-0.05, 0) is 48.9 Å². The number of rotatable bonds is 6. The van der Waals surface area contributed by atoms with Gasteiger partial charge < -0.3 is 14.2 Å². The summed E-state index contributed by atoms with van der Waals surface area (Å²) in [5, 5.41) is 0. The molecule has 1 aliphatic heterocycles. The summed E-state index contributed by atoms with van der Waals surface area (Å²) in [5.41, 5.74) is 2.29. The van der Waals surface area contributed by atoms with E-state index in [-0.39, 0.29) is 18.2 Å². The molecular weight excluding hydrogens is 390 g/mol. The molecule has 0 N–H and O–H groups in total. The number of ether oxygens (including phenoxy) is 3. The van der Waals surface area contributed by atoms with Crippen LogP contribution < -0.4 is 18.5 Å². The largest absolute Gasteiger partial charge is 0.497 e. The molecule has 0 bridgehead atoms. The minimum absolute atomic E-state index is 0.124. The normalized spacial score (nSPS) is 12.6. The first-order chi connectivity index (χ1) is 14.0. The summed E-state index contributed by atoms with van der Waals surface area (Å²) in [6, 6.07) is 19.3. The van der Waals surface area contributed by atoms with Crippen molar-refractivity contribution in [3.05, 3.63) is 77.9 Å². The van der Waals surface area contributed by atoms with Crippen LogP contribution in [0.25, 0.3) is 0 Å². The van der Waals surface area contributed by atoms with Gasteiger partial charge in [-0.15, -0.1) is 0 Å². The Morgan fingerprint density at radius 3 is 2.48 bits per heavy atom. The summed E-state index contributed by atoms with van der Waals surface area (Å²) in [6.07, 6.45) is 0. The predicted octanol–water partition coefficient (Wildman–Crippen LogP) is 4.13. The topological polar surface area (TPSA) is 65.1 Å². The summed E-state index contributed by atoms with van der Waals surface area (Å²) in [5.74, 6) is 1.79. The van der Waals surface area contributed by atoms with Crippen molar-refractivity contribution in [3.8, 4) is 17.2 Å². The highest BCUT2D eigenvalue weighted by Crippen LogP contribution is 2.37. The first-order valence-electron chi connectivity index (χ1n) is 9.09. The number of anilines is 1. The number of nitrogens with zero attached hydrogens (tertiary/aromatic N) is 1. The molecule has 1 heterocycles. The number of hydrogen-bond donors (Lipinski definition) is 0. The van der Waals surface area contributed by atoms with Crippen molar-refractivity contribution in [2.45, 2.75) is 18.4 Å². The van der Waals surface area contributed by atoms with Crippen LogP contribution in [0, 0.1) is 6.92 Å². The Labute approximate surface area is 170 Å². The second-order valence-corrected chi connectivity index (χ2v) is 8.58. The Bertz CT molecular complexity index is 1130. The van der Waals surface area contributed by atoms with Crippen LogP contribution in [0.4, 0.5) is 5.69 Å². The molecule has 1 aliphatic rings. The fourth-order valence-electron chi connectivity index (χ4n) is 3.13. The predicted molar refractivity (Wildman–Crippen MR) is 110 cm³/mol. The third kappa shape index (κ3) is 3.86. The lowest BCUT2D eigenvalue weighted by molar-refractivity contribution is 0.174. The van der Waals surface area contributed by atoms with E-state index in [1.165, 1.54) is 4.31 Å². The van der Waals surface area contributed by atoms with Crippen LogP contribution in [-0.4, -0.2) is 22.3 Å². The molecule has 0 aliphatic carbocycles. The molecule has 7 heteroatoms. The second kappa shape index (κ2) is 7.67. The van der Waals surface area contributed by atoms with Crippen LogP contribution in [0.15, 0.2) is 71.6 Å². The Kier molecular flexibility index (Phi) is 5.07. The Morgan fingerprint density at radius 2 is 1.72 bits per heavy atom. The minimum atomic E-state index is -3.81. The molecule has 0 unspecified atom stereocenters. The van der Waals surface area contributed by atoms with Crippen LogP contribution in [0.2, 0.25) is 0 Å². The van der Waals surface area contributed by atoms with Gasteiger partial charge in [-0.3, -0.25) is 4.31 Å². The maximum absolute atomic E-state index is 13.5. The molecule has 150 valence electrons. The molecule has 0 fully saturated rings. The number of hydrogen-bond acceptors (Lipinski definition) is 5. The van der Waals surface area contributed by atoms with Crippen molar-refractivity contribution >= 4 is 15.7 Å². The lowest BCUT2D eigenvalue weighted by Crippen LogP contribution is -2.30. The van der Waals surface area contributed by atoms with E-state index < -0.39 is 10.0 Å². The summed E-state index contributed by atoms with van der Waals surface area (Å²) >= 11 is 0. The average Bonchev–Trinajstić information content (AvgIpc) is 3.20. The Morgan fingerprint density at radius 1 is 0.966 bits per heavy atom. The van der Waals surface area contributed by atoms with Crippen LogP contribution in [0.5, 0.6) is 17.2 Å². The quantitative estimate of drug-likeness (QED) is 0.610. The summed E-state index contributed by atoms with van der Waals surface area (Å²) in [7, 11) is -2.23. The third-order valence-corrected chi connectivity index (χ3v) is 6.50. The molecule has 3 aromatic rings. The van der Waals surface area contributed by atoms with Crippen molar-refractivity contribution in [1.82, 2.24) is 0 Å². The van der Waals surface area contributed by atoms with Crippen molar-refractivity contribution < 1.29 is 22.6 Å². The fraction of sp³-hybridized carbons (Fsp3) is 0.182. The molecule has 0 amide bonds. The maximum atomic E-state index is 13.5. The Balaban J connectivity index is 1.79. The fourth-order valence-corrected chi connectivity index (χ4v) is 4.57. The van der Waals surface area contributed by atoms with Gasteiger partial charge in [0, 0.05) is 6.07 Å². The zero-order valence-electron chi connectivity index (χ0n) is 16.2. The molecule has 0 aromatic heterocycles. The van der Waals surface area contributed by atoms with E-state index in [1.807, 2.05) is 31.2 Å². The van der Waals surface area contributed by atoms with Crippen LogP contribution >= 0.6 is 0 Å². The van der Waals surface area contributed by atoms with Gasteiger partial charge in [-0.1, -0.05) is 29.8 Å². The van der Waals surface area contributed by atoms with E-state index in [9.17, 15) is 8.42 Å². The Hall–Kier alpha value is -3.19. The molecule has 0 atom stereocenters. The lowest BCUT2D eigenvalue weighted by atomic mass is 10.2. The first kappa shape index (κ1) is 19.1. The van der Waals surface area contributed by atoms with Crippen LogP contribution in [-0.2, 0) is 16.6 Å². The zero-order chi connectivity index (χ0) is 20.4. The molecule has 4 rings (SSSR count). The van der Waals surface area contributed by atoms with Gasteiger partial charge in [0.1, 0.15) is 5.75 Å². The summed E-state index contributed by atoms with van der Waals surface area (Å²) in [6.45, 7) is 2.19. The van der Waals surface area contributed by atoms with Gasteiger partial charge in [0.05, 0.1) is 24.2 Å². The average molecular weight is 411 g/mol. The van der Waals surface area contributed by atoms with Gasteiger partial charge in [0.15, 0.2) is 11.5 Å². The van der Waals surface area contributed by atoms with Gasteiger partial charge in [0.25, 0.3) is 10.0 Å². The maximum Gasteiger partial charge on any atom is 0.264 e. The van der Waals surface area contributed by atoms with E-state index in [2.05, 4.69) is 0 Å². The van der Waals surface area contributed by atoms with E-state index in [0.717, 1.165) is 11.1 Å². The molecule has 29 heavy (non-hydrogen) atoms. The number of aryl methyl sites for hydroxylation is 1. The van der Waals surface area contributed by atoms with E-state index in [4.69, 9.17) is 14.2 Å². The smallest absolute Gasteiger partial charge is 0.264 e. The van der Waals surface area contributed by atoms with E-state index in [0.29, 0.717) is 22.9 Å². The van der Waals surface area contributed by atoms with Crippen molar-refractivity contribution in [2.24, 2.45) is 0 Å². The number of benzene rings is 3. The minimum Gasteiger partial charge on any atom is -0.497 e. The van der Waals surface area contributed by atoms with E-state index in [1.54, 1.807) is 49.6 Å². The van der Waals surface area contributed by atoms with Crippen molar-refractivity contribution in [2.75, 3.05) is 18.2 Å². The van der Waals surface area contributed by atoms with Crippen molar-refractivity contribution in [3.63, 3.8) is 0 Å². The molecule has 0 saturated carbocycles. The number of sulfonamides is 1. The second-order valence-electron chi connectivity index (χ2n) is 6.71. The van der Waals surface area contributed by atoms with Gasteiger partial charge >= 0.3 is 0 Å². The summed E-state index contributed by atoms with van der Waals surface area (Å²) < 4.78 is 44.5. The molecule has 0 radical (unpaired) electrons. The molecule has 0 saturated heterocycles.